The molecule has 2 bridgehead atoms. The lowest BCUT2D eigenvalue weighted by molar-refractivity contribution is -0.198. The molecule has 4 aliphatic heterocycles. The second-order valence-corrected chi connectivity index (χ2v) is 8.96. The van der Waals surface area contributed by atoms with E-state index in [2.05, 4.69) is 15.0 Å². The minimum atomic E-state index is -0.568. The van der Waals surface area contributed by atoms with Crippen molar-refractivity contribution >= 4 is 16.8 Å². The molecule has 5 heterocycles. The van der Waals surface area contributed by atoms with Gasteiger partial charge < -0.3 is 23.6 Å². The van der Waals surface area contributed by atoms with E-state index in [0.29, 0.717) is 29.6 Å². The van der Waals surface area contributed by atoms with Crippen molar-refractivity contribution in [2.24, 2.45) is 11.1 Å². The van der Waals surface area contributed by atoms with Crippen LogP contribution in [0.5, 0.6) is 11.5 Å². The number of rotatable bonds is 5. The number of benzene rings is 2. The third-order valence-corrected chi connectivity index (χ3v) is 7.20. The number of nitrogens with zero attached hydrogens (tertiary/aromatic N) is 3. The minimum Gasteiger partial charge on any atom is -0.497 e. The van der Waals surface area contributed by atoms with Gasteiger partial charge in [0.1, 0.15) is 22.9 Å². The molecule has 2 aromatic carbocycles. The Balaban J connectivity index is 1.42. The number of ether oxygens (including phenoxy) is 2. The summed E-state index contributed by atoms with van der Waals surface area (Å²) in [4.78, 5) is 10.9. The normalized spacial score (nSPS) is 26.0. The van der Waals surface area contributed by atoms with E-state index in [0.717, 1.165) is 54.9 Å². The molecule has 1 spiro atoms. The summed E-state index contributed by atoms with van der Waals surface area (Å²) in [6, 6.07) is 12.3. The second kappa shape index (κ2) is 7.66. The number of piperidine rings is 3. The first kappa shape index (κ1) is 20.4. The maximum atomic E-state index is 13.8. The summed E-state index contributed by atoms with van der Waals surface area (Å²) in [5.41, 5.74) is 0.917. The van der Waals surface area contributed by atoms with Gasteiger partial charge in [-0.3, -0.25) is 4.90 Å². The monoisotopic (exact) mass is 451 g/mol. The first-order valence-corrected chi connectivity index (χ1v) is 11.3. The maximum absolute atomic E-state index is 13.8. The third kappa shape index (κ3) is 3.23. The lowest BCUT2D eigenvalue weighted by Crippen LogP contribution is -2.66. The average Bonchev–Trinajstić information content (AvgIpc) is 3.41. The van der Waals surface area contributed by atoms with E-state index in [1.807, 2.05) is 24.3 Å². The van der Waals surface area contributed by atoms with Crippen LogP contribution in [0, 0.1) is 11.7 Å². The van der Waals surface area contributed by atoms with E-state index in [9.17, 15) is 4.39 Å². The molecule has 0 amide bonds. The fourth-order valence-corrected chi connectivity index (χ4v) is 5.46. The molecular formula is C25H26FN3O4. The number of halogens is 1. The molecule has 0 saturated carbocycles. The van der Waals surface area contributed by atoms with E-state index in [4.69, 9.17) is 18.7 Å². The number of hydrogen-bond acceptors (Lipinski definition) is 7. The average molecular weight is 451 g/mol. The van der Waals surface area contributed by atoms with Crippen LogP contribution >= 0.6 is 0 Å². The molecule has 0 radical (unpaired) electrons. The fourth-order valence-electron chi connectivity index (χ4n) is 5.46. The van der Waals surface area contributed by atoms with Crippen molar-refractivity contribution < 1.29 is 23.1 Å². The smallest absolute Gasteiger partial charge is 0.227 e. The molecule has 1 atom stereocenters. The van der Waals surface area contributed by atoms with Crippen LogP contribution in [0.3, 0.4) is 0 Å². The number of oxime groups is 1. The highest BCUT2D eigenvalue weighted by Gasteiger charge is 2.57. The SMILES string of the molecule is COc1ccc(CN2C(c3cc4ccc(F)cc4o3)=NOC23CN2CCC3CC2)c(OC)c1. The van der Waals surface area contributed by atoms with Crippen LogP contribution in [-0.2, 0) is 11.4 Å². The Morgan fingerprint density at radius 1 is 1.09 bits per heavy atom. The molecule has 3 fully saturated rings. The third-order valence-electron chi connectivity index (χ3n) is 7.20. The van der Waals surface area contributed by atoms with Gasteiger partial charge in [0, 0.05) is 29.0 Å². The first-order chi connectivity index (χ1) is 16.1. The van der Waals surface area contributed by atoms with Crippen LogP contribution in [0.1, 0.15) is 24.2 Å². The minimum absolute atomic E-state index is 0.332. The molecule has 7 rings (SSSR count). The molecule has 4 aliphatic rings. The van der Waals surface area contributed by atoms with E-state index in [-0.39, 0.29) is 5.82 Å². The van der Waals surface area contributed by atoms with Gasteiger partial charge >= 0.3 is 0 Å². The van der Waals surface area contributed by atoms with Crippen molar-refractivity contribution in [1.82, 2.24) is 9.80 Å². The van der Waals surface area contributed by atoms with Crippen molar-refractivity contribution in [3.63, 3.8) is 0 Å². The molecule has 1 unspecified atom stereocenters. The molecule has 0 aliphatic carbocycles. The zero-order chi connectivity index (χ0) is 22.6. The molecule has 3 aromatic rings. The van der Waals surface area contributed by atoms with Crippen LogP contribution in [0.15, 0.2) is 52.0 Å². The van der Waals surface area contributed by atoms with Gasteiger partial charge in [0.25, 0.3) is 0 Å². The van der Waals surface area contributed by atoms with E-state index in [1.165, 1.54) is 12.1 Å². The van der Waals surface area contributed by atoms with Gasteiger partial charge in [0.2, 0.25) is 11.6 Å². The van der Waals surface area contributed by atoms with Gasteiger partial charge in [-0.05, 0) is 56.3 Å². The maximum Gasteiger partial charge on any atom is 0.227 e. The summed E-state index contributed by atoms with van der Waals surface area (Å²) in [6.45, 7) is 3.46. The van der Waals surface area contributed by atoms with Crippen molar-refractivity contribution in [1.29, 1.82) is 0 Å². The number of fused-ring (bicyclic) bond motifs is 3. The van der Waals surface area contributed by atoms with Gasteiger partial charge in [0.05, 0.1) is 27.3 Å². The largest absolute Gasteiger partial charge is 0.497 e. The topological polar surface area (TPSA) is 59.7 Å². The Morgan fingerprint density at radius 2 is 1.94 bits per heavy atom. The zero-order valence-corrected chi connectivity index (χ0v) is 18.7. The Labute approximate surface area is 191 Å². The molecule has 0 N–H and O–H groups in total. The Kier molecular flexibility index (Phi) is 4.72. The Bertz CT molecular complexity index is 1230. The zero-order valence-electron chi connectivity index (χ0n) is 18.7. The molecule has 7 nitrogen and oxygen atoms in total. The molecule has 3 saturated heterocycles. The van der Waals surface area contributed by atoms with Gasteiger partial charge in [-0.2, -0.15) is 0 Å². The van der Waals surface area contributed by atoms with Gasteiger partial charge in [-0.15, -0.1) is 0 Å². The summed E-state index contributed by atoms with van der Waals surface area (Å²) in [5, 5.41) is 5.37. The number of furan rings is 1. The fraction of sp³-hybridized carbons (Fsp3) is 0.400. The highest BCUT2D eigenvalue weighted by molar-refractivity contribution is 6.00. The number of amidine groups is 1. The summed E-state index contributed by atoms with van der Waals surface area (Å²) in [6.07, 6.45) is 2.12. The van der Waals surface area contributed by atoms with Gasteiger partial charge in [-0.1, -0.05) is 5.16 Å². The van der Waals surface area contributed by atoms with E-state index < -0.39 is 5.72 Å². The van der Waals surface area contributed by atoms with Crippen molar-refractivity contribution in [2.45, 2.75) is 25.1 Å². The molecule has 8 heteroatoms. The lowest BCUT2D eigenvalue weighted by atomic mass is 9.79. The van der Waals surface area contributed by atoms with E-state index in [1.54, 1.807) is 20.3 Å². The first-order valence-electron chi connectivity index (χ1n) is 11.3. The highest BCUT2D eigenvalue weighted by atomic mass is 19.1. The van der Waals surface area contributed by atoms with Crippen LogP contribution in [0.4, 0.5) is 4.39 Å². The number of methoxy groups -OCH3 is 2. The van der Waals surface area contributed by atoms with Crippen LogP contribution in [-0.4, -0.2) is 55.2 Å². The molecular weight excluding hydrogens is 425 g/mol. The quantitative estimate of drug-likeness (QED) is 0.579. The van der Waals surface area contributed by atoms with Crippen LogP contribution < -0.4 is 9.47 Å². The van der Waals surface area contributed by atoms with Crippen LogP contribution in [0.25, 0.3) is 11.0 Å². The van der Waals surface area contributed by atoms with Crippen molar-refractivity contribution in [3.05, 3.63) is 59.6 Å². The Hall–Kier alpha value is -3.26. The van der Waals surface area contributed by atoms with E-state index >= 15 is 0 Å². The van der Waals surface area contributed by atoms with Gasteiger partial charge in [0.15, 0.2) is 5.76 Å². The van der Waals surface area contributed by atoms with Gasteiger partial charge in [-0.25, -0.2) is 4.39 Å². The Morgan fingerprint density at radius 3 is 2.67 bits per heavy atom. The molecule has 1 aromatic heterocycles. The lowest BCUT2D eigenvalue weighted by Gasteiger charge is -2.53. The number of hydrogen-bond donors (Lipinski definition) is 0. The summed E-state index contributed by atoms with van der Waals surface area (Å²) < 4.78 is 30.9. The summed E-state index contributed by atoms with van der Waals surface area (Å²) >= 11 is 0. The van der Waals surface area contributed by atoms with Crippen LogP contribution in [0.2, 0.25) is 0 Å². The van der Waals surface area contributed by atoms with Crippen molar-refractivity contribution in [2.75, 3.05) is 33.9 Å². The predicted molar refractivity (Wildman–Crippen MR) is 121 cm³/mol. The second-order valence-electron chi connectivity index (χ2n) is 8.96. The molecule has 33 heavy (non-hydrogen) atoms. The predicted octanol–water partition coefficient (Wildman–Crippen LogP) is 4.21. The van der Waals surface area contributed by atoms with Crippen molar-refractivity contribution in [3.8, 4) is 11.5 Å². The summed E-state index contributed by atoms with van der Waals surface area (Å²) in [5.74, 6) is 2.69. The standard InChI is InChI=1S/C25H26FN3O4/c1-30-20-6-4-17(21(13-20)31-2)14-29-24(23-11-16-3-5-19(26)12-22(16)32-23)27-33-25(29)15-28-9-7-18(25)8-10-28/h3-6,11-13,18H,7-10,14-15H2,1-2H3. The summed E-state index contributed by atoms with van der Waals surface area (Å²) in [7, 11) is 3.30. The molecule has 172 valence electrons. The highest BCUT2D eigenvalue weighted by Crippen LogP contribution is 2.46.